The molecular formula is C31H48O2. The van der Waals surface area contributed by atoms with E-state index < -0.39 is 0 Å². The number of rotatable bonds is 4. The highest BCUT2D eigenvalue weighted by molar-refractivity contribution is 5.91. The minimum Gasteiger partial charge on any atom is -0.367 e. The van der Waals surface area contributed by atoms with Crippen LogP contribution in [-0.2, 0) is 9.53 Å². The zero-order valence-corrected chi connectivity index (χ0v) is 22.0. The molecule has 2 nitrogen and oxygen atoms in total. The van der Waals surface area contributed by atoms with Crippen molar-refractivity contribution in [3.63, 3.8) is 0 Å². The van der Waals surface area contributed by atoms with Crippen molar-refractivity contribution in [3.8, 4) is 0 Å². The molecule has 0 radical (unpaired) electrons. The molecule has 0 aromatic carbocycles. The number of allylic oxidation sites excluding steroid dienone is 1. The molecule has 1 aliphatic heterocycles. The lowest BCUT2D eigenvalue weighted by atomic mass is 9.41. The first-order valence-corrected chi connectivity index (χ1v) is 14.6. The molecule has 0 aromatic heterocycles. The lowest BCUT2D eigenvalue weighted by Crippen LogP contribution is -2.57. The first kappa shape index (κ1) is 22.8. The van der Waals surface area contributed by atoms with Gasteiger partial charge in [0.05, 0.1) is 11.7 Å². The largest absolute Gasteiger partial charge is 0.367 e. The van der Waals surface area contributed by atoms with Crippen LogP contribution in [0, 0.1) is 52.3 Å². The van der Waals surface area contributed by atoms with Crippen LogP contribution in [0.3, 0.4) is 0 Å². The van der Waals surface area contributed by atoms with Crippen LogP contribution in [0.4, 0.5) is 0 Å². The maximum atomic E-state index is 12.5. The molecular weight excluding hydrogens is 404 g/mol. The third-order valence-corrected chi connectivity index (χ3v) is 12.5. The minimum absolute atomic E-state index is 0.139. The molecule has 0 N–H and O–H groups in total. The highest BCUT2D eigenvalue weighted by Crippen LogP contribution is 2.71. The molecule has 0 aromatic rings. The Hall–Kier alpha value is -0.630. The molecule has 10 atom stereocenters. The normalized spacial score (nSPS) is 51.0. The molecule has 4 saturated carbocycles. The molecule has 0 spiro atoms. The van der Waals surface area contributed by atoms with Gasteiger partial charge in [-0.3, -0.25) is 4.79 Å². The zero-order chi connectivity index (χ0) is 23.2. The molecule has 6 aliphatic rings. The summed E-state index contributed by atoms with van der Waals surface area (Å²) in [7, 11) is 0. The van der Waals surface area contributed by atoms with Crippen LogP contribution >= 0.6 is 0 Å². The van der Waals surface area contributed by atoms with Crippen LogP contribution in [0.2, 0.25) is 0 Å². The fourth-order valence-electron chi connectivity index (χ4n) is 10.7. The van der Waals surface area contributed by atoms with Crippen molar-refractivity contribution in [2.24, 2.45) is 52.3 Å². The van der Waals surface area contributed by atoms with Gasteiger partial charge in [-0.2, -0.15) is 0 Å². The van der Waals surface area contributed by atoms with Gasteiger partial charge in [-0.15, -0.1) is 0 Å². The molecule has 5 fully saturated rings. The molecule has 5 aliphatic carbocycles. The predicted molar refractivity (Wildman–Crippen MR) is 134 cm³/mol. The second-order valence-electron chi connectivity index (χ2n) is 14.3. The number of carbonyl (C=O) groups is 1. The highest BCUT2D eigenvalue weighted by atomic mass is 16.6. The van der Waals surface area contributed by atoms with Crippen molar-refractivity contribution < 1.29 is 9.53 Å². The fourth-order valence-corrected chi connectivity index (χ4v) is 10.7. The van der Waals surface area contributed by atoms with E-state index in [-0.39, 0.29) is 5.60 Å². The summed E-state index contributed by atoms with van der Waals surface area (Å²) < 4.78 is 5.92. The van der Waals surface area contributed by atoms with Gasteiger partial charge in [0.1, 0.15) is 0 Å². The Labute approximate surface area is 202 Å². The van der Waals surface area contributed by atoms with Crippen LogP contribution in [0.15, 0.2) is 11.6 Å². The average molecular weight is 453 g/mol. The second kappa shape index (κ2) is 7.68. The smallest absolute Gasteiger partial charge is 0.155 e. The lowest BCUT2D eigenvalue weighted by Gasteiger charge is -2.64. The average Bonchev–Trinajstić information content (AvgIpc) is 3.24. The van der Waals surface area contributed by atoms with Crippen LogP contribution in [0.5, 0.6) is 0 Å². The van der Waals surface area contributed by atoms with E-state index >= 15 is 0 Å². The molecule has 1 heterocycles. The highest BCUT2D eigenvalue weighted by Gasteiger charge is 2.63. The van der Waals surface area contributed by atoms with Crippen LogP contribution in [-0.4, -0.2) is 17.5 Å². The summed E-state index contributed by atoms with van der Waals surface area (Å²) in [6.45, 7) is 12.4. The van der Waals surface area contributed by atoms with Crippen LogP contribution in [0.25, 0.3) is 0 Å². The third-order valence-electron chi connectivity index (χ3n) is 12.5. The summed E-state index contributed by atoms with van der Waals surface area (Å²) in [4.78, 5) is 12.5. The van der Waals surface area contributed by atoms with Crippen molar-refractivity contribution in [1.29, 1.82) is 0 Å². The number of hydrogen-bond acceptors (Lipinski definition) is 2. The van der Waals surface area contributed by atoms with E-state index in [4.69, 9.17) is 4.74 Å². The molecule has 0 amide bonds. The lowest BCUT2D eigenvalue weighted by molar-refractivity contribution is -0.124. The summed E-state index contributed by atoms with van der Waals surface area (Å²) in [5, 5.41) is 0. The van der Waals surface area contributed by atoms with Gasteiger partial charge in [0.25, 0.3) is 0 Å². The number of epoxide rings is 1. The zero-order valence-electron chi connectivity index (χ0n) is 22.0. The van der Waals surface area contributed by atoms with Gasteiger partial charge < -0.3 is 4.74 Å². The summed E-state index contributed by atoms with van der Waals surface area (Å²) in [5.74, 6) is 6.35. The second-order valence-corrected chi connectivity index (χ2v) is 14.3. The van der Waals surface area contributed by atoms with E-state index in [0.717, 1.165) is 48.3 Å². The van der Waals surface area contributed by atoms with Gasteiger partial charge >= 0.3 is 0 Å². The minimum atomic E-state index is 0.139. The van der Waals surface area contributed by atoms with Gasteiger partial charge in [0.15, 0.2) is 5.78 Å². The molecule has 0 bridgehead atoms. The van der Waals surface area contributed by atoms with E-state index in [2.05, 4.69) is 40.7 Å². The molecule has 8 unspecified atom stereocenters. The van der Waals surface area contributed by atoms with Crippen molar-refractivity contribution in [1.82, 2.24) is 0 Å². The quantitative estimate of drug-likeness (QED) is 0.408. The number of ether oxygens (including phenoxy) is 1. The van der Waals surface area contributed by atoms with Gasteiger partial charge in [0.2, 0.25) is 0 Å². The van der Waals surface area contributed by atoms with Gasteiger partial charge in [-0.05, 0) is 130 Å². The van der Waals surface area contributed by atoms with Crippen molar-refractivity contribution in [2.45, 2.75) is 123 Å². The Morgan fingerprint density at radius 2 is 1.76 bits per heavy atom. The SMILES string of the molecule is CC(CCC1OC1(C)C)C1CC[C@H]2C3C4CCCCC4C4=CC(=O)CCC4(C)[C@H]3CCC12C. The van der Waals surface area contributed by atoms with Crippen molar-refractivity contribution >= 4 is 5.78 Å². The summed E-state index contributed by atoms with van der Waals surface area (Å²) in [6, 6.07) is 0. The molecule has 33 heavy (non-hydrogen) atoms. The van der Waals surface area contributed by atoms with Crippen LogP contribution < -0.4 is 0 Å². The summed E-state index contributed by atoms with van der Waals surface area (Å²) >= 11 is 0. The molecule has 184 valence electrons. The van der Waals surface area contributed by atoms with E-state index in [9.17, 15) is 4.79 Å². The maximum absolute atomic E-state index is 12.5. The van der Waals surface area contributed by atoms with E-state index in [1.54, 1.807) is 5.57 Å². The van der Waals surface area contributed by atoms with E-state index in [1.807, 2.05) is 0 Å². The Morgan fingerprint density at radius 3 is 2.52 bits per heavy atom. The standard InChI is InChI=1S/C31H48O2/c1-19(10-13-27-29(2,3)33-27)23-11-12-24-28-22-9-7-6-8-21(22)26-18-20(32)14-16-31(26,5)25(28)15-17-30(23,24)4/h18-19,21-25,27-28H,6-17H2,1-5H3/t19?,21?,22?,23?,24-,25-,27?,28?,30?,31?/m0/s1. The Bertz CT molecular complexity index is 840. The third kappa shape index (κ3) is 3.39. The predicted octanol–water partition coefficient (Wildman–Crippen LogP) is 7.75. The monoisotopic (exact) mass is 452 g/mol. The molecule has 6 rings (SSSR count). The number of fused-ring (bicyclic) bond motifs is 8. The Morgan fingerprint density at radius 1 is 1.00 bits per heavy atom. The Kier molecular flexibility index (Phi) is 5.31. The first-order valence-electron chi connectivity index (χ1n) is 14.6. The Balaban J connectivity index is 1.27. The van der Waals surface area contributed by atoms with Crippen LogP contribution in [0.1, 0.15) is 112 Å². The van der Waals surface area contributed by atoms with Gasteiger partial charge in [-0.25, -0.2) is 0 Å². The first-order chi connectivity index (χ1) is 15.6. The molecule has 2 heteroatoms. The summed E-state index contributed by atoms with van der Waals surface area (Å²) in [6.07, 6.45) is 18.5. The molecule has 1 saturated heterocycles. The van der Waals surface area contributed by atoms with Gasteiger partial charge in [0, 0.05) is 6.42 Å². The number of ketones is 1. The number of hydrogen-bond donors (Lipinski definition) is 0. The van der Waals surface area contributed by atoms with Crippen molar-refractivity contribution in [2.75, 3.05) is 0 Å². The maximum Gasteiger partial charge on any atom is 0.155 e. The van der Waals surface area contributed by atoms with E-state index in [1.165, 1.54) is 64.2 Å². The number of carbonyl (C=O) groups excluding carboxylic acids is 1. The fraction of sp³-hybridized carbons (Fsp3) is 0.903. The van der Waals surface area contributed by atoms with E-state index in [0.29, 0.717) is 28.6 Å². The van der Waals surface area contributed by atoms with Crippen molar-refractivity contribution in [3.05, 3.63) is 11.6 Å². The van der Waals surface area contributed by atoms with Gasteiger partial charge in [-0.1, -0.05) is 39.2 Å². The summed E-state index contributed by atoms with van der Waals surface area (Å²) in [5.41, 5.74) is 2.59. The topological polar surface area (TPSA) is 29.6 Å².